The molecule has 1 aliphatic rings. The number of anilines is 2. The molecule has 0 unspecified atom stereocenters. The summed E-state index contributed by atoms with van der Waals surface area (Å²) in [4.78, 5) is 0. The highest BCUT2D eigenvalue weighted by Gasteiger charge is 2.42. The molecule has 0 saturated heterocycles. The van der Waals surface area contributed by atoms with Gasteiger partial charge in [-0.25, -0.2) is 4.39 Å². The molecular weight excluding hydrogens is 183 g/mol. The molecule has 1 saturated carbocycles. The number of aliphatic hydroxyl groups excluding tert-OH is 1. The van der Waals surface area contributed by atoms with Gasteiger partial charge < -0.3 is 16.2 Å². The van der Waals surface area contributed by atoms with E-state index in [-0.39, 0.29) is 18.0 Å². The zero-order valence-corrected chi connectivity index (χ0v) is 7.76. The van der Waals surface area contributed by atoms with Crippen molar-refractivity contribution in [3.05, 3.63) is 24.0 Å². The Bertz CT molecular complexity index is 350. The molecule has 0 amide bonds. The maximum absolute atomic E-state index is 12.9. The summed E-state index contributed by atoms with van der Waals surface area (Å²) in [6, 6.07) is 4.19. The minimum absolute atomic E-state index is 0.0585. The maximum atomic E-state index is 12.9. The van der Waals surface area contributed by atoms with Gasteiger partial charge in [0.25, 0.3) is 0 Å². The van der Waals surface area contributed by atoms with Gasteiger partial charge in [0.1, 0.15) is 5.82 Å². The van der Waals surface area contributed by atoms with Crippen LogP contribution in [0.3, 0.4) is 0 Å². The predicted octanol–water partition coefficient (Wildman–Crippen LogP) is 1.34. The van der Waals surface area contributed by atoms with Gasteiger partial charge in [-0.15, -0.1) is 0 Å². The van der Waals surface area contributed by atoms with E-state index in [1.807, 2.05) is 0 Å². The lowest BCUT2D eigenvalue weighted by atomic mass is 10.2. The summed E-state index contributed by atoms with van der Waals surface area (Å²) in [7, 11) is 0. The van der Waals surface area contributed by atoms with Gasteiger partial charge in [-0.3, -0.25) is 0 Å². The molecular formula is C10H13FN2O. The van der Waals surface area contributed by atoms with Crippen molar-refractivity contribution < 1.29 is 9.50 Å². The topological polar surface area (TPSA) is 58.3 Å². The Hall–Kier alpha value is -1.29. The Morgan fingerprint density at radius 1 is 1.50 bits per heavy atom. The number of rotatable bonds is 3. The first-order valence-electron chi connectivity index (χ1n) is 4.59. The van der Waals surface area contributed by atoms with Crippen molar-refractivity contribution in [3.8, 4) is 0 Å². The van der Waals surface area contributed by atoms with Gasteiger partial charge in [0, 0.05) is 0 Å². The molecule has 1 aliphatic carbocycles. The lowest BCUT2D eigenvalue weighted by Crippen LogP contribution is -2.26. The van der Waals surface area contributed by atoms with Gasteiger partial charge in [-0.1, -0.05) is 0 Å². The first kappa shape index (κ1) is 9.27. The summed E-state index contributed by atoms with van der Waals surface area (Å²) in [6.07, 6.45) is 1.80. The van der Waals surface area contributed by atoms with Gasteiger partial charge in [-0.05, 0) is 31.0 Å². The minimum atomic E-state index is -0.324. The van der Waals surface area contributed by atoms with Crippen LogP contribution in [0.1, 0.15) is 12.8 Å². The fourth-order valence-corrected chi connectivity index (χ4v) is 1.40. The maximum Gasteiger partial charge on any atom is 0.125 e. The van der Waals surface area contributed by atoms with Gasteiger partial charge in [-0.2, -0.15) is 0 Å². The third-order valence-electron chi connectivity index (χ3n) is 2.57. The Labute approximate surface area is 81.7 Å². The molecule has 3 nitrogen and oxygen atoms in total. The molecule has 0 aromatic heterocycles. The second-order valence-corrected chi connectivity index (χ2v) is 3.80. The van der Waals surface area contributed by atoms with Crippen LogP contribution in [0.15, 0.2) is 18.2 Å². The average Bonchev–Trinajstić information content (AvgIpc) is 2.92. The number of aliphatic hydroxyl groups is 1. The molecule has 0 atom stereocenters. The summed E-state index contributed by atoms with van der Waals surface area (Å²) in [5.41, 5.74) is 6.48. The average molecular weight is 196 g/mol. The van der Waals surface area contributed by atoms with E-state index in [0.29, 0.717) is 11.4 Å². The molecule has 4 N–H and O–H groups in total. The molecule has 1 fully saturated rings. The number of nitrogens with one attached hydrogen (secondary N) is 1. The lowest BCUT2D eigenvalue weighted by molar-refractivity contribution is 0.266. The minimum Gasteiger partial charge on any atom is -0.397 e. The van der Waals surface area contributed by atoms with Crippen LogP contribution in [0.25, 0.3) is 0 Å². The molecule has 1 aromatic carbocycles. The van der Waals surface area contributed by atoms with Crippen LogP contribution in [-0.4, -0.2) is 17.3 Å². The number of hydrogen-bond acceptors (Lipinski definition) is 3. The largest absolute Gasteiger partial charge is 0.397 e. The van der Waals surface area contributed by atoms with E-state index in [1.165, 1.54) is 18.2 Å². The van der Waals surface area contributed by atoms with Crippen molar-refractivity contribution in [1.29, 1.82) is 0 Å². The smallest absolute Gasteiger partial charge is 0.125 e. The zero-order valence-electron chi connectivity index (χ0n) is 7.76. The zero-order chi connectivity index (χ0) is 10.2. The van der Waals surface area contributed by atoms with Crippen molar-refractivity contribution in [2.45, 2.75) is 18.4 Å². The highest BCUT2D eigenvalue weighted by Crippen LogP contribution is 2.39. The molecule has 0 radical (unpaired) electrons. The van der Waals surface area contributed by atoms with E-state index in [0.717, 1.165) is 12.8 Å². The third-order valence-corrected chi connectivity index (χ3v) is 2.57. The van der Waals surface area contributed by atoms with Crippen molar-refractivity contribution >= 4 is 11.4 Å². The summed E-state index contributed by atoms with van der Waals surface area (Å²) in [5, 5.41) is 12.2. The van der Waals surface area contributed by atoms with Crippen molar-refractivity contribution in [3.63, 3.8) is 0 Å². The highest BCUT2D eigenvalue weighted by atomic mass is 19.1. The number of benzene rings is 1. The van der Waals surface area contributed by atoms with E-state index in [9.17, 15) is 4.39 Å². The summed E-state index contributed by atoms with van der Waals surface area (Å²) in [5.74, 6) is -0.324. The normalized spacial score (nSPS) is 17.9. The third kappa shape index (κ3) is 1.65. The van der Waals surface area contributed by atoms with E-state index in [1.54, 1.807) is 0 Å². The Morgan fingerprint density at radius 3 is 2.79 bits per heavy atom. The van der Waals surface area contributed by atoms with E-state index < -0.39 is 0 Å². The summed E-state index contributed by atoms with van der Waals surface area (Å²) in [6.45, 7) is 0.0585. The standard InChI is InChI=1S/C10H13FN2O/c11-7-1-2-8(12)9(5-7)13-10(6-14)3-4-10/h1-2,5,13-14H,3-4,6,12H2. The van der Waals surface area contributed by atoms with Crippen LogP contribution in [0, 0.1) is 5.82 Å². The molecule has 4 heteroatoms. The SMILES string of the molecule is Nc1ccc(F)cc1NC1(CO)CC1. The molecule has 1 aromatic rings. The Morgan fingerprint density at radius 2 is 2.21 bits per heavy atom. The van der Waals surface area contributed by atoms with Crippen LogP contribution in [0.5, 0.6) is 0 Å². The van der Waals surface area contributed by atoms with Crippen molar-refractivity contribution in [2.24, 2.45) is 0 Å². The van der Waals surface area contributed by atoms with Crippen LogP contribution >= 0.6 is 0 Å². The van der Waals surface area contributed by atoms with Crippen molar-refractivity contribution in [1.82, 2.24) is 0 Å². The first-order valence-corrected chi connectivity index (χ1v) is 4.59. The number of halogens is 1. The first-order chi connectivity index (χ1) is 6.65. The van der Waals surface area contributed by atoms with Crippen LogP contribution in [-0.2, 0) is 0 Å². The van der Waals surface area contributed by atoms with Gasteiger partial charge in [0.05, 0.1) is 23.5 Å². The van der Waals surface area contributed by atoms with Gasteiger partial charge in [0.2, 0.25) is 0 Å². The lowest BCUT2D eigenvalue weighted by Gasteiger charge is -2.17. The molecule has 0 spiro atoms. The number of nitrogens with two attached hydrogens (primary N) is 1. The quantitative estimate of drug-likeness (QED) is 0.639. The molecule has 0 aliphatic heterocycles. The van der Waals surface area contributed by atoms with Crippen LogP contribution in [0.2, 0.25) is 0 Å². The van der Waals surface area contributed by atoms with Crippen molar-refractivity contribution in [2.75, 3.05) is 17.7 Å². The number of hydrogen-bond donors (Lipinski definition) is 3. The predicted molar refractivity (Wildman–Crippen MR) is 53.5 cm³/mol. The molecule has 2 rings (SSSR count). The Balaban J connectivity index is 2.20. The monoisotopic (exact) mass is 196 g/mol. The summed E-state index contributed by atoms with van der Waals surface area (Å²) < 4.78 is 12.9. The van der Waals surface area contributed by atoms with E-state index in [2.05, 4.69) is 5.32 Å². The molecule has 14 heavy (non-hydrogen) atoms. The number of nitrogen functional groups attached to an aromatic ring is 1. The fourth-order valence-electron chi connectivity index (χ4n) is 1.40. The van der Waals surface area contributed by atoms with Gasteiger partial charge >= 0.3 is 0 Å². The fraction of sp³-hybridized carbons (Fsp3) is 0.400. The summed E-state index contributed by atoms with van der Waals surface area (Å²) >= 11 is 0. The highest BCUT2D eigenvalue weighted by molar-refractivity contribution is 5.67. The second-order valence-electron chi connectivity index (χ2n) is 3.80. The van der Waals surface area contributed by atoms with Crippen LogP contribution < -0.4 is 11.1 Å². The van der Waals surface area contributed by atoms with E-state index in [4.69, 9.17) is 10.8 Å². The van der Waals surface area contributed by atoms with E-state index >= 15 is 0 Å². The molecule has 76 valence electrons. The molecule has 0 bridgehead atoms. The molecule has 0 heterocycles. The van der Waals surface area contributed by atoms with Crippen LogP contribution in [0.4, 0.5) is 15.8 Å². The Kier molecular flexibility index (Phi) is 2.07. The van der Waals surface area contributed by atoms with Gasteiger partial charge in [0.15, 0.2) is 0 Å². The second kappa shape index (κ2) is 3.13.